The number of carbonyl (C=O) groups is 1. The first-order valence-electron chi connectivity index (χ1n) is 11.5. The molecule has 1 aliphatic heterocycles. The molecule has 0 bridgehead atoms. The van der Waals surface area contributed by atoms with Crippen LogP contribution in [0.1, 0.15) is 47.1 Å². The molecule has 1 aliphatic rings. The van der Waals surface area contributed by atoms with Gasteiger partial charge in [-0.25, -0.2) is 8.42 Å². The lowest BCUT2D eigenvalue weighted by atomic mass is 10.2. The van der Waals surface area contributed by atoms with Crippen LogP contribution in [0, 0.1) is 13.8 Å². The van der Waals surface area contributed by atoms with E-state index in [0.717, 1.165) is 24.1 Å². The zero-order valence-electron chi connectivity index (χ0n) is 20.0. The van der Waals surface area contributed by atoms with Crippen LogP contribution in [-0.2, 0) is 16.6 Å². The second-order valence-corrected chi connectivity index (χ2v) is 10.2. The van der Waals surface area contributed by atoms with Crippen molar-refractivity contribution in [2.24, 2.45) is 0 Å². The standard InChI is InChI=1S/C25H29N3O6S/c1-4-32-23-12-9-20(15-24(23)35(30,31)28-13-5-6-14-28)26-25(29)19-7-10-21(11-8-19)33-16-22-17(2)27-34-18(22)3/h7-12,15H,4-6,13-14,16H2,1-3H3,(H,26,29). The van der Waals surface area contributed by atoms with Gasteiger partial charge in [-0.15, -0.1) is 0 Å². The number of benzene rings is 2. The van der Waals surface area contributed by atoms with Gasteiger partial charge in [-0.3, -0.25) is 4.79 Å². The Morgan fingerprint density at radius 3 is 2.43 bits per heavy atom. The van der Waals surface area contributed by atoms with Crippen molar-refractivity contribution < 1.29 is 27.2 Å². The van der Waals surface area contributed by atoms with Crippen LogP contribution in [0.2, 0.25) is 0 Å². The average molecular weight is 500 g/mol. The van der Waals surface area contributed by atoms with E-state index in [1.807, 2.05) is 13.8 Å². The molecule has 0 radical (unpaired) electrons. The van der Waals surface area contributed by atoms with Crippen LogP contribution in [0.15, 0.2) is 51.9 Å². The van der Waals surface area contributed by atoms with E-state index in [0.29, 0.717) is 49.1 Å². The third kappa shape index (κ3) is 5.49. The van der Waals surface area contributed by atoms with Crippen LogP contribution in [0.25, 0.3) is 0 Å². The number of aryl methyl sites for hydroxylation is 2. The maximum Gasteiger partial charge on any atom is 0.255 e. The van der Waals surface area contributed by atoms with Gasteiger partial charge in [0.05, 0.1) is 17.9 Å². The van der Waals surface area contributed by atoms with Gasteiger partial charge in [-0.2, -0.15) is 4.31 Å². The molecule has 186 valence electrons. The van der Waals surface area contributed by atoms with Crippen molar-refractivity contribution >= 4 is 21.6 Å². The molecule has 1 aromatic heterocycles. The molecule has 35 heavy (non-hydrogen) atoms. The molecule has 10 heteroatoms. The van der Waals surface area contributed by atoms with Crippen LogP contribution >= 0.6 is 0 Å². The van der Waals surface area contributed by atoms with Gasteiger partial charge in [0.1, 0.15) is 28.8 Å². The third-order valence-electron chi connectivity index (χ3n) is 5.87. The Hall–Kier alpha value is -3.37. The van der Waals surface area contributed by atoms with Gasteiger partial charge < -0.3 is 19.3 Å². The Balaban J connectivity index is 1.47. The van der Waals surface area contributed by atoms with Gasteiger partial charge >= 0.3 is 0 Å². The lowest BCUT2D eigenvalue weighted by Crippen LogP contribution is -2.28. The van der Waals surface area contributed by atoms with Crippen LogP contribution in [-0.4, -0.2) is 43.5 Å². The van der Waals surface area contributed by atoms with Crippen molar-refractivity contribution in [3.05, 3.63) is 65.0 Å². The first kappa shape index (κ1) is 24.7. The molecule has 1 N–H and O–H groups in total. The maximum atomic E-state index is 13.2. The van der Waals surface area contributed by atoms with Crippen molar-refractivity contribution in [3.63, 3.8) is 0 Å². The number of aromatic nitrogens is 1. The molecule has 4 rings (SSSR count). The molecular formula is C25H29N3O6S. The van der Waals surface area contributed by atoms with Crippen LogP contribution in [0.4, 0.5) is 5.69 Å². The molecule has 9 nitrogen and oxygen atoms in total. The molecule has 3 aromatic rings. The third-order valence-corrected chi connectivity index (χ3v) is 7.79. The molecule has 2 heterocycles. The predicted molar refractivity (Wildman–Crippen MR) is 130 cm³/mol. The summed E-state index contributed by atoms with van der Waals surface area (Å²) in [6.07, 6.45) is 1.66. The average Bonchev–Trinajstić information content (AvgIpc) is 3.50. The molecule has 0 aliphatic carbocycles. The lowest BCUT2D eigenvalue weighted by molar-refractivity contribution is 0.102. The number of nitrogens with zero attached hydrogens (tertiary/aromatic N) is 2. The molecule has 2 aromatic carbocycles. The minimum Gasteiger partial charge on any atom is -0.492 e. The quantitative estimate of drug-likeness (QED) is 0.467. The van der Waals surface area contributed by atoms with Crippen molar-refractivity contribution in [1.82, 2.24) is 9.46 Å². The van der Waals surface area contributed by atoms with Crippen molar-refractivity contribution in [2.75, 3.05) is 25.0 Å². The molecule has 0 unspecified atom stereocenters. The summed E-state index contributed by atoms with van der Waals surface area (Å²) in [4.78, 5) is 12.9. The number of rotatable bonds is 9. The largest absolute Gasteiger partial charge is 0.492 e. The van der Waals surface area contributed by atoms with Crippen molar-refractivity contribution in [1.29, 1.82) is 0 Å². The molecular weight excluding hydrogens is 470 g/mol. The monoisotopic (exact) mass is 499 g/mol. The molecule has 0 atom stereocenters. The van der Waals surface area contributed by atoms with E-state index in [9.17, 15) is 13.2 Å². The Bertz CT molecular complexity index is 1280. The summed E-state index contributed by atoms with van der Waals surface area (Å²) in [5.74, 6) is 1.22. The molecule has 1 amide bonds. The summed E-state index contributed by atoms with van der Waals surface area (Å²) < 4.78 is 44.3. The fourth-order valence-corrected chi connectivity index (χ4v) is 5.57. The van der Waals surface area contributed by atoms with Crippen LogP contribution in [0.3, 0.4) is 0 Å². The maximum absolute atomic E-state index is 13.2. The zero-order chi connectivity index (χ0) is 25.0. The van der Waals surface area contributed by atoms with Gasteiger partial charge in [-0.05, 0) is 76.1 Å². The highest BCUT2D eigenvalue weighted by Gasteiger charge is 2.30. The molecule has 1 fully saturated rings. The smallest absolute Gasteiger partial charge is 0.255 e. The number of amides is 1. The van der Waals surface area contributed by atoms with Crippen LogP contribution in [0.5, 0.6) is 11.5 Å². The Labute approximate surface area is 205 Å². The number of hydrogen-bond donors (Lipinski definition) is 1. The van der Waals surface area contributed by atoms with Crippen molar-refractivity contribution in [3.8, 4) is 11.5 Å². The normalized spacial score (nSPS) is 14.1. The van der Waals surface area contributed by atoms with E-state index in [4.69, 9.17) is 14.0 Å². The van der Waals surface area contributed by atoms with Gasteiger partial charge in [0.15, 0.2) is 0 Å². The van der Waals surface area contributed by atoms with Crippen LogP contribution < -0.4 is 14.8 Å². The van der Waals surface area contributed by atoms with Gasteiger partial charge in [0.2, 0.25) is 10.0 Å². The molecule has 0 spiro atoms. The fourth-order valence-electron chi connectivity index (χ4n) is 3.90. The number of nitrogens with one attached hydrogen (secondary N) is 1. The van der Waals surface area contributed by atoms with E-state index in [1.54, 1.807) is 43.3 Å². The number of sulfonamides is 1. The van der Waals surface area contributed by atoms with E-state index >= 15 is 0 Å². The highest BCUT2D eigenvalue weighted by Crippen LogP contribution is 2.32. The number of ether oxygens (including phenoxy) is 2. The minimum absolute atomic E-state index is 0.0575. The van der Waals surface area contributed by atoms with Crippen molar-refractivity contribution in [2.45, 2.75) is 45.1 Å². The first-order chi connectivity index (χ1) is 16.8. The second-order valence-electron chi connectivity index (χ2n) is 8.28. The molecule has 1 saturated heterocycles. The minimum atomic E-state index is -3.72. The summed E-state index contributed by atoms with van der Waals surface area (Å²) in [5, 5.41) is 6.69. The number of anilines is 1. The van der Waals surface area contributed by atoms with E-state index < -0.39 is 10.0 Å². The molecule has 0 saturated carbocycles. The fraction of sp³-hybridized carbons (Fsp3) is 0.360. The summed E-state index contributed by atoms with van der Waals surface area (Å²) >= 11 is 0. The zero-order valence-corrected chi connectivity index (χ0v) is 20.9. The Kier molecular flexibility index (Phi) is 7.42. The highest BCUT2D eigenvalue weighted by molar-refractivity contribution is 7.89. The Morgan fingerprint density at radius 2 is 1.80 bits per heavy atom. The second kappa shape index (κ2) is 10.5. The highest BCUT2D eigenvalue weighted by atomic mass is 32.2. The van der Waals surface area contributed by atoms with E-state index in [-0.39, 0.29) is 16.6 Å². The summed E-state index contributed by atoms with van der Waals surface area (Å²) in [5.41, 5.74) is 2.45. The van der Waals surface area contributed by atoms with E-state index in [2.05, 4.69) is 10.5 Å². The summed E-state index contributed by atoms with van der Waals surface area (Å²) in [7, 11) is -3.72. The summed E-state index contributed by atoms with van der Waals surface area (Å²) in [6, 6.07) is 11.4. The topological polar surface area (TPSA) is 111 Å². The Morgan fingerprint density at radius 1 is 1.09 bits per heavy atom. The van der Waals surface area contributed by atoms with Gasteiger partial charge in [0.25, 0.3) is 5.91 Å². The lowest BCUT2D eigenvalue weighted by Gasteiger charge is -2.19. The van der Waals surface area contributed by atoms with E-state index in [1.165, 1.54) is 10.4 Å². The number of hydrogen-bond acceptors (Lipinski definition) is 7. The SMILES string of the molecule is CCOc1ccc(NC(=O)c2ccc(OCc3c(C)noc3C)cc2)cc1S(=O)(=O)N1CCCC1. The predicted octanol–water partition coefficient (Wildman–Crippen LogP) is 4.31. The first-order valence-corrected chi connectivity index (χ1v) is 13.0. The van der Waals surface area contributed by atoms with Gasteiger partial charge in [0, 0.05) is 24.3 Å². The summed E-state index contributed by atoms with van der Waals surface area (Å²) in [6.45, 7) is 7.08. The number of carbonyl (C=O) groups excluding carboxylic acids is 1. The van der Waals surface area contributed by atoms with Gasteiger partial charge in [-0.1, -0.05) is 5.16 Å².